The average Bonchev–Trinajstić information content (AvgIpc) is 3.35. The van der Waals surface area contributed by atoms with E-state index in [0.717, 1.165) is 0 Å². The molecule has 0 bridgehead atoms. The molecule has 0 aliphatic heterocycles. The molecule has 3 rings (SSSR count). The lowest BCUT2D eigenvalue weighted by Crippen LogP contribution is -2.25. The second-order valence-corrected chi connectivity index (χ2v) is 9.27. The molecule has 2 aromatic heterocycles. The summed E-state index contributed by atoms with van der Waals surface area (Å²) in [5, 5.41) is 0. The maximum Gasteiger partial charge on any atom is 0.412 e. The third-order valence-electron chi connectivity index (χ3n) is 4.53. The molecule has 0 spiro atoms. The minimum Gasteiger partial charge on any atom is -0.368 e. The number of imidazole rings is 1. The van der Waals surface area contributed by atoms with Gasteiger partial charge in [0.05, 0.1) is 24.2 Å². The number of alkyl halides is 6. The number of nitrogens with zero attached hydrogens (tertiary/aromatic N) is 4. The summed E-state index contributed by atoms with van der Waals surface area (Å²) < 4.78 is 103. The summed E-state index contributed by atoms with van der Waals surface area (Å²) in [7, 11) is -4.86. The fraction of sp³-hybridized carbons (Fsp3) is 0.688. The Labute approximate surface area is 177 Å². The van der Waals surface area contributed by atoms with Gasteiger partial charge in [0.2, 0.25) is 5.95 Å². The molecule has 0 aromatic carbocycles. The Bertz CT molecular complexity index is 985. The van der Waals surface area contributed by atoms with Crippen LogP contribution in [0.3, 0.4) is 0 Å². The molecule has 1 fully saturated rings. The highest BCUT2D eigenvalue weighted by Gasteiger charge is 2.48. The van der Waals surface area contributed by atoms with Crippen molar-refractivity contribution in [1.82, 2.24) is 19.5 Å². The fourth-order valence-corrected chi connectivity index (χ4v) is 4.19. The standard InChI is InChI=1S/C16H20F6N5O4P/c1-2-10-11-12(26-13(23)25-10)27(8-24-11)5-14(3-4-14)29-9-32(28,30-6-15(17,18)19)31-7-16(20,21)22/h8H,2-7,9H2,1H3,(H2,23,25,26). The van der Waals surface area contributed by atoms with Gasteiger partial charge in [0.25, 0.3) is 0 Å². The Balaban J connectivity index is 1.72. The van der Waals surface area contributed by atoms with Crippen molar-refractivity contribution in [3.63, 3.8) is 0 Å². The molecule has 0 amide bonds. The topological polar surface area (TPSA) is 114 Å². The zero-order valence-electron chi connectivity index (χ0n) is 16.7. The van der Waals surface area contributed by atoms with Crippen LogP contribution in [-0.4, -0.2) is 57.0 Å². The van der Waals surface area contributed by atoms with Crippen molar-refractivity contribution in [3.05, 3.63) is 12.0 Å². The number of fused-ring (bicyclic) bond motifs is 1. The highest BCUT2D eigenvalue weighted by atomic mass is 31.2. The molecule has 1 aliphatic carbocycles. The lowest BCUT2D eigenvalue weighted by molar-refractivity contribution is -0.166. The van der Waals surface area contributed by atoms with Crippen molar-refractivity contribution in [2.75, 3.05) is 25.3 Å². The first kappa shape index (κ1) is 24.7. The summed E-state index contributed by atoms with van der Waals surface area (Å²) in [6.45, 7) is -2.13. The first-order valence-electron chi connectivity index (χ1n) is 9.36. The number of hydrogen-bond acceptors (Lipinski definition) is 8. The van der Waals surface area contributed by atoms with Gasteiger partial charge in [-0.1, -0.05) is 6.92 Å². The van der Waals surface area contributed by atoms with Crippen LogP contribution in [0.4, 0.5) is 32.3 Å². The normalized spacial score (nSPS) is 16.6. The summed E-state index contributed by atoms with van der Waals surface area (Å²) in [6, 6.07) is 0. The number of halogens is 6. The van der Waals surface area contributed by atoms with E-state index in [1.165, 1.54) is 6.33 Å². The SMILES string of the molecule is CCc1nc(N)nc2c1ncn2CC1(OCP(=O)(OCC(F)(F)F)OCC(F)(F)F)CC1. The second-order valence-electron chi connectivity index (χ2n) is 7.27. The number of anilines is 1. The van der Waals surface area contributed by atoms with E-state index >= 15 is 0 Å². The smallest absolute Gasteiger partial charge is 0.368 e. The molecule has 0 atom stereocenters. The molecule has 0 radical (unpaired) electrons. The van der Waals surface area contributed by atoms with Crippen molar-refractivity contribution < 1.29 is 44.7 Å². The van der Waals surface area contributed by atoms with Gasteiger partial charge in [-0.05, 0) is 19.3 Å². The second kappa shape index (κ2) is 8.76. The largest absolute Gasteiger partial charge is 0.412 e. The molecule has 1 aliphatic rings. The van der Waals surface area contributed by atoms with Crippen LogP contribution in [0.25, 0.3) is 11.2 Å². The molecule has 32 heavy (non-hydrogen) atoms. The van der Waals surface area contributed by atoms with Gasteiger partial charge in [-0.3, -0.25) is 13.6 Å². The van der Waals surface area contributed by atoms with Crippen molar-refractivity contribution >= 4 is 24.7 Å². The van der Waals surface area contributed by atoms with Crippen LogP contribution in [0.15, 0.2) is 6.33 Å². The van der Waals surface area contributed by atoms with Gasteiger partial charge in [-0.15, -0.1) is 0 Å². The van der Waals surface area contributed by atoms with Gasteiger partial charge in [0.1, 0.15) is 11.9 Å². The predicted molar refractivity (Wildman–Crippen MR) is 98.7 cm³/mol. The van der Waals surface area contributed by atoms with Gasteiger partial charge < -0.3 is 15.0 Å². The van der Waals surface area contributed by atoms with Crippen molar-refractivity contribution in [2.45, 2.75) is 50.7 Å². The molecule has 2 aromatic rings. The summed E-state index contributed by atoms with van der Waals surface area (Å²) >= 11 is 0. The number of hydrogen-bond donors (Lipinski definition) is 1. The van der Waals surface area contributed by atoms with E-state index in [9.17, 15) is 30.9 Å². The summed E-state index contributed by atoms with van der Waals surface area (Å²) in [5.41, 5.74) is 6.23. The Morgan fingerprint density at radius 1 is 1.12 bits per heavy atom. The van der Waals surface area contributed by atoms with Gasteiger partial charge >= 0.3 is 19.9 Å². The summed E-state index contributed by atoms with van der Waals surface area (Å²) in [5.74, 6) is 0.0208. The van der Waals surface area contributed by atoms with Gasteiger partial charge in [-0.2, -0.15) is 31.3 Å². The van der Waals surface area contributed by atoms with E-state index in [1.807, 2.05) is 6.92 Å². The van der Waals surface area contributed by atoms with Gasteiger partial charge in [0.15, 0.2) is 18.9 Å². The lowest BCUT2D eigenvalue weighted by Gasteiger charge is -2.23. The third-order valence-corrected chi connectivity index (χ3v) is 6.02. The molecule has 16 heteroatoms. The Morgan fingerprint density at radius 3 is 2.22 bits per heavy atom. The molecule has 0 saturated heterocycles. The lowest BCUT2D eigenvalue weighted by atomic mass is 10.3. The van der Waals surface area contributed by atoms with Crippen LogP contribution < -0.4 is 5.73 Å². The van der Waals surface area contributed by atoms with Crippen LogP contribution in [0.2, 0.25) is 0 Å². The zero-order chi connectivity index (χ0) is 23.8. The van der Waals surface area contributed by atoms with E-state index in [4.69, 9.17) is 10.5 Å². The van der Waals surface area contributed by atoms with Crippen molar-refractivity contribution in [2.24, 2.45) is 0 Å². The highest BCUT2D eigenvalue weighted by molar-refractivity contribution is 7.53. The third kappa shape index (κ3) is 6.53. The Kier molecular flexibility index (Phi) is 6.76. The predicted octanol–water partition coefficient (Wildman–Crippen LogP) is 3.83. The number of nitrogen functional groups attached to an aromatic ring is 1. The molecular weight excluding hydrogens is 471 g/mol. The van der Waals surface area contributed by atoms with Crippen LogP contribution in [0, 0.1) is 0 Å². The van der Waals surface area contributed by atoms with Crippen LogP contribution in [0.1, 0.15) is 25.5 Å². The summed E-state index contributed by atoms with van der Waals surface area (Å²) in [6.07, 6.45) is -8.11. The fourth-order valence-electron chi connectivity index (χ4n) is 2.85. The van der Waals surface area contributed by atoms with E-state index in [2.05, 4.69) is 24.0 Å². The molecule has 2 heterocycles. The van der Waals surface area contributed by atoms with Gasteiger partial charge in [0, 0.05) is 0 Å². The van der Waals surface area contributed by atoms with E-state index in [-0.39, 0.29) is 12.5 Å². The monoisotopic (exact) mass is 491 g/mol. The maximum atomic E-state index is 12.5. The van der Waals surface area contributed by atoms with E-state index in [0.29, 0.717) is 36.1 Å². The number of ether oxygens (including phenoxy) is 1. The minimum absolute atomic E-state index is 0.0208. The van der Waals surface area contributed by atoms with Crippen LogP contribution in [0.5, 0.6) is 0 Å². The van der Waals surface area contributed by atoms with Crippen LogP contribution >= 0.6 is 7.60 Å². The minimum atomic E-state index is -4.92. The van der Waals surface area contributed by atoms with Crippen LogP contribution in [-0.2, 0) is 31.3 Å². The first-order valence-corrected chi connectivity index (χ1v) is 11.1. The number of aryl methyl sites for hydroxylation is 1. The molecule has 1 saturated carbocycles. The maximum absolute atomic E-state index is 12.5. The molecule has 2 N–H and O–H groups in total. The van der Waals surface area contributed by atoms with E-state index in [1.54, 1.807) is 4.57 Å². The number of rotatable bonds is 10. The zero-order valence-corrected chi connectivity index (χ0v) is 17.6. The Morgan fingerprint density at radius 2 is 1.72 bits per heavy atom. The van der Waals surface area contributed by atoms with Gasteiger partial charge in [-0.25, -0.2) is 9.97 Å². The Hall–Kier alpha value is -1.96. The molecule has 180 valence electrons. The number of aromatic nitrogens is 4. The summed E-state index contributed by atoms with van der Waals surface area (Å²) in [4.78, 5) is 12.5. The first-order chi connectivity index (χ1) is 14.7. The van der Waals surface area contributed by atoms with E-state index < -0.39 is 45.1 Å². The quantitative estimate of drug-likeness (QED) is 0.394. The molecule has 9 nitrogen and oxygen atoms in total. The molecular formula is C16H20F6N5O4P. The highest BCUT2D eigenvalue weighted by Crippen LogP contribution is 2.53. The molecule has 0 unspecified atom stereocenters. The van der Waals surface area contributed by atoms with Crippen molar-refractivity contribution in [3.8, 4) is 0 Å². The van der Waals surface area contributed by atoms with Crippen molar-refractivity contribution in [1.29, 1.82) is 0 Å². The number of nitrogens with two attached hydrogens (primary N) is 1. The average molecular weight is 491 g/mol.